The highest BCUT2D eigenvalue weighted by Gasteiger charge is 2.15. The van der Waals surface area contributed by atoms with E-state index in [0.717, 1.165) is 47.2 Å². The van der Waals surface area contributed by atoms with Crippen LogP contribution in [0.3, 0.4) is 0 Å². The Kier molecular flexibility index (Phi) is 5.67. The Hall–Kier alpha value is -3.92. The lowest BCUT2D eigenvalue weighted by Gasteiger charge is -2.17. The van der Waals surface area contributed by atoms with Gasteiger partial charge in [0.05, 0.1) is 5.71 Å². The van der Waals surface area contributed by atoms with Gasteiger partial charge >= 0.3 is 0 Å². The second-order valence-corrected chi connectivity index (χ2v) is 8.00. The van der Waals surface area contributed by atoms with Crippen LogP contribution in [-0.2, 0) is 13.0 Å². The predicted octanol–water partition coefficient (Wildman–Crippen LogP) is 5.89. The second kappa shape index (κ2) is 9.06. The molecule has 4 aromatic carbocycles. The van der Waals surface area contributed by atoms with E-state index in [2.05, 4.69) is 40.9 Å². The number of carbonyl (C=O) groups is 1. The molecule has 0 aliphatic heterocycles. The Morgan fingerprint density at radius 2 is 1.62 bits per heavy atom. The monoisotopic (exact) mass is 420 g/mol. The first-order valence-corrected chi connectivity index (χ1v) is 10.9. The van der Waals surface area contributed by atoms with Crippen molar-refractivity contribution >= 4 is 22.4 Å². The van der Waals surface area contributed by atoms with E-state index in [1.807, 2.05) is 60.7 Å². The molecule has 0 saturated carbocycles. The third kappa shape index (κ3) is 4.40. The summed E-state index contributed by atoms with van der Waals surface area (Å²) in [5.74, 6) is 0.622. The van der Waals surface area contributed by atoms with E-state index in [1.54, 1.807) is 0 Å². The van der Waals surface area contributed by atoms with Gasteiger partial charge < -0.3 is 4.74 Å². The van der Waals surface area contributed by atoms with Gasteiger partial charge in [0.25, 0.3) is 5.91 Å². The minimum Gasteiger partial charge on any atom is -0.489 e. The fourth-order valence-electron chi connectivity index (χ4n) is 4.08. The molecule has 158 valence electrons. The topological polar surface area (TPSA) is 50.7 Å². The molecular weight excluding hydrogens is 396 g/mol. The maximum atomic E-state index is 12.6. The lowest BCUT2D eigenvalue weighted by molar-refractivity contribution is 0.0954. The Bertz CT molecular complexity index is 1290. The zero-order valence-electron chi connectivity index (χ0n) is 17.8. The molecule has 4 aromatic rings. The van der Waals surface area contributed by atoms with Gasteiger partial charge in [-0.3, -0.25) is 4.79 Å². The van der Waals surface area contributed by atoms with Gasteiger partial charge in [-0.2, -0.15) is 5.10 Å². The molecule has 1 amide bonds. The van der Waals surface area contributed by atoms with E-state index in [4.69, 9.17) is 4.74 Å². The van der Waals surface area contributed by atoms with Crippen LogP contribution in [0, 0.1) is 0 Å². The highest BCUT2D eigenvalue weighted by atomic mass is 16.5. The molecule has 0 atom stereocenters. The Morgan fingerprint density at radius 1 is 0.844 bits per heavy atom. The SMILES string of the molecule is O=C(NN=C1CCCc2ccccc21)c1ccc(COc2ccc3ccccc3c2)cc1. The van der Waals surface area contributed by atoms with Gasteiger partial charge in [0.15, 0.2) is 0 Å². The van der Waals surface area contributed by atoms with Crippen LogP contribution in [0.1, 0.15) is 39.9 Å². The highest BCUT2D eigenvalue weighted by Crippen LogP contribution is 2.22. The number of rotatable bonds is 5. The first-order chi connectivity index (χ1) is 15.8. The largest absolute Gasteiger partial charge is 0.489 e. The summed E-state index contributed by atoms with van der Waals surface area (Å²) >= 11 is 0. The van der Waals surface area contributed by atoms with Crippen LogP contribution in [-0.4, -0.2) is 11.6 Å². The molecule has 0 spiro atoms. The van der Waals surface area contributed by atoms with Crippen molar-refractivity contribution in [3.8, 4) is 5.75 Å². The third-order valence-corrected chi connectivity index (χ3v) is 5.82. The van der Waals surface area contributed by atoms with Crippen LogP contribution in [0.2, 0.25) is 0 Å². The quantitative estimate of drug-likeness (QED) is 0.409. The standard InChI is InChI=1S/C28H24N2O2/c31-28(30-29-27-11-5-9-22-7-3-4-10-26(22)27)23-14-12-20(13-15-23)19-32-25-17-16-21-6-1-2-8-24(21)18-25/h1-4,6-8,10,12-18H,5,9,11,19H2,(H,30,31). The Labute approximate surface area is 187 Å². The fraction of sp³-hybridized carbons (Fsp3) is 0.143. The molecule has 1 aliphatic rings. The lowest BCUT2D eigenvalue weighted by Crippen LogP contribution is -2.22. The Balaban J connectivity index is 1.21. The van der Waals surface area contributed by atoms with Crippen molar-refractivity contribution in [2.24, 2.45) is 5.10 Å². The van der Waals surface area contributed by atoms with E-state index in [0.29, 0.717) is 12.2 Å². The number of fused-ring (bicyclic) bond motifs is 2. The van der Waals surface area contributed by atoms with Crippen molar-refractivity contribution < 1.29 is 9.53 Å². The van der Waals surface area contributed by atoms with Crippen molar-refractivity contribution in [2.45, 2.75) is 25.9 Å². The van der Waals surface area contributed by atoms with Crippen LogP contribution in [0.25, 0.3) is 10.8 Å². The first kappa shape index (κ1) is 20.0. The molecule has 5 rings (SSSR count). The molecule has 0 saturated heterocycles. The third-order valence-electron chi connectivity index (χ3n) is 5.82. The van der Waals surface area contributed by atoms with Crippen molar-refractivity contribution in [1.29, 1.82) is 0 Å². The number of aryl methyl sites for hydroxylation is 1. The summed E-state index contributed by atoms with van der Waals surface area (Å²) in [6.45, 7) is 0.444. The highest BCUT2D eigenvalue weighted by molar-refractivity contribution is 6.04. The first-order valence-electron chi connectivity index (χ1n) is 10.9. The summed E-state index contributed by atoms with van der Waals surface area (Å²) in [5.41, 5.74) is 7.68. The molecular formula is C28H24N2O2. The van der Waals surface area contributed by atoms with Gasteiger partial charge in [0.1, 0.15) is 12.4 Å². The molecule has 32 heavy (non-hydrogen) atoms. The molecule has 1 N–H and O–H groups in total. The van der Waals surface area contributed by atoms with Gasteiger partial charge in [-0.1, -0.05) is 66.7 Å². The minimum atomic E-state index is -0.206. The van der Waals surface area contributed by atoms with E-state index in [1.165, 1.54) is 10.9 Å². The number of hydrogen-bond acceptors (Lipinski definition) is 3. The molecule has 4 nitrogen and oxygen atoms in total. The summed E-state index contributed by atoms with van der Waals surface area (Å²) in [6.07, 6.45) is 2.99. The molecule has 0 aromatic heterocycles. The molecule has 4 heteroatoms. The van der Waals surface area contributed by atoms with Gasteiger partial charge in [-0.25, -0.2) is 5.43 Å². The minimum absolute atomic E-state index is 0.206. The van der Waals surface area contributed by atoms with E-state index in [9.17, 15) is 4.79 Å². The summed E-state index contributed by atoms with van der Waals surface area (Å²) in [5, 5.41) is 6.76. The van der Waals surface area contributed by atoms with Crippen LogP contribution in [0.15, 0.2) is 96.1 Å². The van der Waals surface area contributed by atoms with Crippen LogP contribution < -0.4 is 10.2 Å². The normalized spacial score (nSPS) is 14.2. The smallest absolute Gasteiger partial charge is 0.271 e. The van der Waals surface area contributed by atoms with Gasteiger partial charge in [-0.05, 0) is 65.4 Å². The van der Waals surface area contributed by atoms with Gasteiger partial charge in [0.2, 0.25) is 0 Å². The summed E-state index contributed by atoms with van der Waals surface area (Å²) in [7, 11) is 0. The number of nitrogens with zero attached hydrogens (tertiary/aromatic N) is 1. The summed E-state index contributed by atoms with van der Waals surface area (Å²) in [6, 6.07) is 30.0. The number of nitrogens with one attached hydrogen (secondary N) is 1. The summed E-state index contributed by atoms with van der Waals surface area (Å²) in [4.78, 5) is 12.6. The van der Waals surface area contributed by atoms with Crippen molar-refractivity contribution in [3.63, 3.8) is 0 Å². The zero-order chi connectivity index (χ0) is 21.8. The molecule has 0 radical (unpaired) electrons. The Morgan fingerprint density at radius 3 is 2.50 bits per heavy atom. The average Bonchev–Trinajstić information content (AvgIpc) is 2.86. The number of hydrogen-bond donors (Lipinski definition) is 1. The molecule has 0 unspecified atom stereocenters. The lowest BCUT2D eigenvalue weighted by atomic mass is 9.90. The summed E-state index contributed by atoms with van der Waals surface area (Å²) < 4.78 is 5.94. The van der Waals surface area contributed by atoms with Crippen molar-refractivity contribution in [2.75, 3.05) is 0 Å². The number of ether oxygens (including phenoxy) is 1. The number of hydrazone groups is 1. The number of benzene rings is 4. The van der Waals surface area contributed by atoms with Crippen molar-refractivity contribution in [3.05, 3.63) is 113 Å². The molecule has 0 heterocycles. The predicted molar refractivity (Wildman–Crippen MR) is 128 cm³/mol. The number of amides is 1. The molecule has 0 bridgehead atoms. The van der Waals surface area contributed by atoms with Gasteiger partial charge in [-0.15, -0.1) is 0 Å². The maximum Gasteiger partial charge on any atom is 0.271 e. The van der Waals surface area contributed by atoms with Crippen molar-refractivity contribution in [1.82, 2.24) is 5.43 Å². The number of carbonyl (C=O) groups excluding carboxylic acids is 1. The fourth-order valence-corrected chi connectivity index (χ4v) is 4.08. The zero-order valence-corrected chi connectivity index (χ0v) is 17.8. The van der Waals surface area contributed by atoms with E-state index in [-0.39, 0.29) is 5.91 Å². The van der Waals surface area contributed by atoms with E-state index < -0.39 is 0 Å². The van der Waals surface area contributed by atoms with Gasteiger partial charge in [0, 0.05) is 11.1 Å². The molecule has 1 aliphatic carbocycles. The van der Waals surface area contributed by atoms with E-state index >= 15 is 0 Å². The molecule has 0 fully saturated rings. The van der Waals surface area contributed by atoms with Crippen LogP contribution in [0.5, 0.6) is 5.75 Å². The average molecular weight is 421 g/mol. The maximum absolute atomic E-state index is 12.6. The van der Waals surface area contributed by atoms with Crippen LogP contribution >= 0.6 is 0 Å². The van der Waals surface area contributed by atoms with Crippen LogP contribution in [0.4, 0.5) is 0 Å². The second-order valence-electron chi connectivity index (χ2n) is 8.00.